The Morgan fingerprint density at radius 1 is 1.62 bits per heavy atom. The molecule has 0 atom stereocenters. The Labute approximate surface area is 72.6 Å². The summed E-state index contributed by atoms with van der Waals surface area (Å²) in [6, 6.07) is 2.74. The molecule has 1 aromatic rings. The number of nitriles is 1. The zero-order valence-corrected chi connectivity index (χ0v) is 6.55. The van der Waals surface area contributed by atoms with Gasteiger partial charge in [-0.25, -0.2) is 8.78 Å². The number of nitrogens with one attached hydrogen (secondary N) is 1. The zero-order chi connectivity index (χ0) is 9.84. The summed E-state index contributed by atoms with van der Waals surface area (Å²) >= 11 is 0. The fourth-order valence-corrected chi connectivity index (χ4v) is 0.966. The van der Waals surface area contributed by atoms with Gasteiger partial charge in [0.05, 0.1) is 12.5 Å². The molecule has 0 aromatic carbocycles. The van der Waals surface area contributed by atoms with Gasteiger partial charge in [0, 0.05) is 17.8 Å². The predicted octanol–water partition coefficient (Wildman–Crippen LogP) is 1.38. The van der Waals surface area contributed by atoms with Gasteiger partial charge in [-0.05, 0) is 5.56 Å². The Hall–Kier alpha value is -1.70. The van der Waals surface area contributed by atoms with Crippen LogP contribution in [0.2, 0.25) is 0 Å². The lowest BCUT2D eigenvalue weighted by atomic mass is 10.1. The van der Waals surface area contributed by atoms with Crippen LogP contribution in [0.1, 0.15) is 17.6 Å². The Morgan fingerprint density at radius 3 is 2.85 bits per heavy atom. The van der Waals surface area contributed by atoms with Crippen LogP contribution in [0.4, 0.5) is 8.78 Å². The molecular weight excluding hydrogens is 178 g/mol. The fraction of sp³-hybridized carbons (Fsp3) is 0.250. The first-order valence-electron chi connectivity index (χ1n) is 3.51. The second-order valence-electron chi connectivity index (χ2n) is 2.41. The average Bonchev–Trinajstić information content (AvgIpc) is 2.04. The van der Waals surface area contributed by atoms with E-state index in [1.54, 1.807) is 6.07 Å². The molecule has 13 heavy (non-hydrogen) atoms. The van der Waals surface area contributed by atoms with Crippen LogP contribution < -0.4 is 5.56 Å². The summed E-state index contributed by atoms with van der Waals surface area (Å²) in [5, 5.41) is 8.31. The van der Waals surface area contributed by atoms with Crippen molar-refractivity contribution in [3.63, 3.8) is 0 Å². The van der Waals surface area contributed by atoms with E-state index >= 15 is 0 Å². The third kappa shape index (κ3) is 2.12. The summed E-state index contributed by atoms with van der Waals surface area (Å²) in [5.41, 5.74) is -0.683. The highest BCUT2D eigenvalue weighted by Crippen LogP contribution is 2.20. The smallest absolute Gasteiger partial charge is 0.265 e. The van der Waals surface area contributed by atoms with E-state index in [0.717, 1.165) is 12.3 Å². The maximum Gasteiger partial charge on any atom is 0.265 e. The van der Waals surface area contributed by atoms with E-state index in [0.29, 0.717) is 0 Å². The van der Waals surface area contributed by atoms with Crippen LogP contribution in [0.5, 0.6) is 0 Å². The molecule has 1 N–H and O–H groups in total. The number of hydrogen-bond donors (Lipinski definition) is 1. The van der Waals surface area contributed by atoms with Crippen LogP contribution in [0.15, 0.2) is 17.1 Å². The summed E-state index contributed by atoms with van der Waals surface area (Å²) < 4.78 is 24.5. The van der Waals surface area contributed by atoms with Crippen LogP contribution >= 0.6 is 0 Å². The third-order valence-corrected chi connectivity index (χ3v) is 1.55. The van der Waals surface area contributed by atoms with Crippen molar-refractivity contribution in [3.8, 4) is 6.07 Å². The topological polar surface area (TPSA) is 56.6 Å². The Kier molecular flexibility index (Phi) is 2.75. The fourth-order valence-electron chi connectivity index (χ4n) is 0.966. The minimum Gasteiger partial charge on any atom is -0.329 e. The minimum atomic E-state index is -2.67. The number of alkyl halides is 2. The quantitative estimate of drug-likeness (QED) is 0.754. The molecule has 0 radical (unpaired) electrons. The van der Waals surface area contributed by atoms with E-state index in [4.69, 9.17) is 5.26 Å². The van der Waals surface area contributed by atoms with Crippen LogP contribution in [0.25, 0.3) is 0 Å². The van der Waals surface area contributed by atoms with Crippen molar-refractivity contribution < 1.29 is 8.78 Å². The number of aromatic amines is 1. The molecule has 1 aromatic heterocycles. The molecule has 0 fully saturated rings. The van der Waals surface area contributed by atoms with Gasteiger partial charge in [0.1, 0.15) is 0 Å². The Morgan fingerprint density at radius 2 is 2.31 bits per heavy atom. The normalized spacial score (nSPS) is 10.0. The average molecular weight is 184 g/mol. The van der Waals surface area contributed by atoms with Crippen molar-refractivity contribution >= 4 is 0 Å². The minimum absolute atomic E-state index is 0.0845. The molecule has 0 aliphatic rings. The van der Waals surface area contributed by atoms with E-state index in [9.17, 15) is 13.6 Å². The summed E-state index contributed by atoms with van der Waals surface area (Å²) in [6.45, 7) is 0. The largest absolute Gasteiger partial charge is 0.329 e. The van der Waals surface area contributed by atoms with E-state index in [1.807, 2.05) is 0 Å². The van der Waals surface area contributed by atoms with Gasteiger partial charge in [-0.1, -0.05) is 0 Å². The molecule has 3 nitrogen and oxygen atoms in total. The van der Waals surface area contributed by atoms with Gasteiger partial charge >= 0.3 is 0 Å². The van der Waals surface area contributed by atoms with Gasteiger partial charge in [0.2, 0.25) is 5.56 Å². The first kappa shape index (κ1) is 9.39. The highest BCUT2D eigenvalue weighted by Gasteiger charge is 2.12. The number of aromatic nitrogens is 1. The zero-order valence-electron chi connectivity index (χ0n) is 6.55. The molecule has 0 saturated heterocycles. The standard InChI is InChI=1S/C8H6F2N2O/c9-8(10)6-4-12-7(13)3-5(6)1-2-11/h3-4,8H,1H2,(H,12,13). The van der Waals surface area contributed by atoms with Crippen molar-refractivity contribution in [2.24, 2.45) is 0 Å². The maximum atomic E-state index is 12.3. The first-order valence-corrected chi connectivity index (χ1v) is 3.51. The summed E-state index contributed by atoms with van der Waals surface area (Å²) in [5.74, 6) is 0. The molecule has 0 spiro atoms. The maximum absolute atomic E-state index is 12.3. The SMILES string of the molecule is N#CCc1cc(=O)[nH]cc1C(F)F. The number of rotatable bonds is 2. The molecule has 5 heteroatoms. The molecule has 0 unspecified atom stereocenters. The molecular formula is C8H6F2N2O. The van der Waals surface area contributed by atoms with Crippen molar-refractivity contribution in [2.75, 3.05) is 0 Å². The van der Waals surface area contributed by atoms with Gasteiger partial charge in [0.15, 0.2) is 0 Å². The summed E-state index contributed by atoms with van der Waals surface area (Å²) in [4.78, 5) is 12.9. The van der Waals surface area contributed by atoms with Gasteiger partial charge < -0.3 is 4.98 Å². The molecule has 0 saturated carbocycles. The molecule has 0 aliphatic heterocycles. The predicted molar refractivity (Wildman–Crippen MR) is 41.3 cm³/mol. The second kappa shape index (κ2) is 3.81. The van der Waals surface area contributed by atoms with E-state index < -0.39 is 12.0 Å². The Bertz CT molecular complexity index is 392. The van der Waals surface area contributed by atoms with Crippen molar-refractivity contribution in [2.45, 2.75) is 12.8 Å². The van der Waals surface area contributed by atoms with Crippen LogP contribution in [-0.2, 0) is 6.42 Å². The number of nitrogens with zero attached hydrogens (tertiary/aromatic N) is 1. The van der Waals surface area contributed by atoms with Crippen LogP contribution in [0.3, 0.4) is 0 Å². The van der Waals surface area contributed by atoms with E-state index in [1.165, 1.54) is 0 Å². The van der Waals surface area contributed by atoms with Crippen molar-refractivity contribution in [1.82, 2.24) is 4.98 Å². The second-order valence-corrected chi connectivity index (χ2v) is 2.41. The van der Waals surface area contributed by atoms with E-state index in [2.05, 4.69) is 4.98 Å². The lowest BCUT2D eigenvalue weighted by Gasteiger charge is -2.03. The van der Waals surface area contributed by atoms with Gasteiger partial charge in [-0.3, -0.25) is 4.79 Å². The molecule has 1 heterocycles. The molecule has 1 rings (SSSR count). The third-order valence-electron chi connectivity index (χ3n) is 1.55. The highest BCUT2D eigenvalue weighted by molar-refractivity contribution is 5.26. The molecule has 0 aliphatic carbocycles. The van der Waals surface area contributed by atoms with Crippen molar-refractivity contribution in [1.29, 1.82) is 5.26 Å². The summed E-state index contributed by atoms with van der Waals surface area (Å²) in [7, 11) is 0. The van der Waals surface area contributed by atoms with Gasteiger partial charge in [0.25, 0.3) is 6.43 Å². The number of halogens is 2. The van der Waals surface area contributed by atoms with Gasteiger partial charge in [-0.15, -0.1) is 0 Å². The number of H-pyrrole nitrogens is 1. The molecule has 0 bridgehead atoms. The molecule has 0 amide bonds. The lowest BCUT2D eigenvalue weighted by Crippen LogP contribution is -2.08. The Balaban J connectivity index is 3.20. The highest BCUT2D eigenvalue weighted by atomic mass is 19.3. The lowest BCUT2D eigenvalue weighted by molar-refractivity contribution is 0.150. The molecule has 68 valence electrons. The summed E-state index contributed by atoms with van der Waals surface area (Å²) in [6.07, 6.45) is -1.90. The van der Waals surface area contributed by atoms with E-state index in [-0.39, 0.29) is 17.5 Å². The van der Waals surface area contributed by atoms with Crippen LogP contribution in [0, 0.1) is 11.3 Å². The number of hydrogen-bond acceptors (Lipinski definition) is 2. The monoisotopic (exact) mass is 184 g/mol. The number of pyridine rings is 1. The first-order chi connectivity index (χ1) is 6.15. The van der Waals surface area contributed by atoms with Gasteiger partial charge in [-0.2, -0.15) is 5.26 Å². The van der Waals surface area contributed by atoms with Crippen LogP contribution in [-0.4, -0.2) is 4.98 Å². The van der Waals surface area contributed by atoms with Crippen molar-refractivity contribution in [3.05, 3.63) is 33.7 Å².